The molecule has 4 nitrogen and oxygen atoms in total. The smallest absolute Gasteiger partial charge is 0.119 e. The molecule has 1 aromatic rings. The molecule has 104 valence electrons. The molecular weight excluding hydrogens is 240 g/mol. The molecule has 0 bridgehead atoms. The topological polar surface area (TPSA) is 47.7 Å². The minimum atomic E-state index is 0.381. The quantitative estimate of drug-likeness (QED) is 0.743. The first-order valence-electron chi connectivity index (χ1n) is 6.35. The van der Waals surface area contributed by atoms with Gasteiger partial charge < -0.3 is 20.1 Å². The normalized spacial score (nSPS) is 10.1. The van der Waals surface area contributed by atoms with E-state index in [1.54, 1.807) is 7.11 Å². The van der Waals surface area contributed by atoms with Crippen LogP contribution in [0.3, 0.4) is 0 Å². The molecule has 0 aliphatic heterocycles. The number of nitrogens with zero attached hydrogens (tertiary/aromatic N) is 1. The van der Waals surface area contributed by atoms with Crippen LogP contribution >= 0.6 is 0 Å². The molecule has 1 rings (SSSR count). The molecule has 0 saturated carbocycles. The average Bonchev–Trinajstić information content (AvgIpc) is 2.44. The third-order valence-electron chi connectivity index (χ3n) is 2.61. The number of benzene rings is 1. The molecule has 0 aliphatic rings. The van der Waals surface area contributed by atoms with Crippen molar-refractivity contribution in [2.45, 2.75) is 0 Å². The van der Waals surface area contributed by atoms with Crippen molar-refractivity contribution in [2.24, 2.45) is 5.73 Å². The maximum Gasteiger partial charge on any atom is 0.119 e. The van der Waals surface area contributed by atoms with Crippen LogP contribution in [0.1, 0.15) is 5.56 Å². The third-order valence-corrected chi connectivity index (χ3v) is 2.61. The number of likely N-dealkylation sites (N-methyl/N-ethyl adjacent to an activating group) is 1. The van der Waals surface area contributed by atoms with Crippen molar-refractivity contribution in [1.82, 2.24) is 4.90 Å². The van der Waals surface area contributed by atoms with E-state index in [-0.39, 0.29) is 0 Å². The van der Waals surface area contributed by atoms with Gasteiger partial charge in [0.25, 0.3) is 0 Å². The molecule has 0 fully saturated rings. The lowest BCUT2D eigenvalue weighted by molar-refractivity contribution is 0.150. The molecule has 1 aromatic carbocycles. The molecule has 0 heterocycles. The highest BCUT2D eigenvalue weighted by Crippen LogP contribution is 2.11. The lowest BCUT2D eigenvalue weighted by Crippen LogP contribution is -2.27. The highest BCUT2D eigenvalue weighted by Gasteiger charge is 1.98. The Hall–Kier alpha value is -1.54. The Bertz CT molecular complexity index is 406. The van der Waals surface area contributed by atoms with Gasteiger partial charge in [-0.05, 0) is 31.3 Å². The lowest BCUT2D eigenvalue weighted by Gasteiger charge is -2.16. The van der Waals surface area contributed by atoms with Gasteiger partial charge in [0.2, 0.25) is 0 Å². The van der Waals surface area contributed by atoms with Gasteiger partial charge in [0, 0.05) is 25.8 Å². The van der Waals surface area contributed by atoms with E-state index < -0.39 is 0 Å². The summed E-state index contributed by atoms with van der Waals surface area (Å²) < 4.78 is 10.7. The number of nitrogens with two attached hydrogens (primary N) is 1. The Morgan fingerprint density at radius 3 is 2.47 bits per heavy atom. The van der Waals surface area contributed by atoms with Gasteiger partial charge in [-0.2, -0.15) is 0 Å². The number of rotatable bonds is 7. The Balaban J connectivity index is 2.30. The Morgan fingerprint density at radius 2 is 1.84 bits per heavy atom. The molecule has 0 aromatic heterocycles. The van der Waals surface area contributed by atoms with Gasteiger partial charge in [-0.15, -0.1) is 0 Å². The van der Waals surface area contributed by atoms with E-state index in [9.17, 15) is 0 Å². The maximum absolute atomic E-state index is 5.66. The standard InChI is InChI=1S/C15H22N2O2/c1-17(10-12-18-2)11-13-19-15-7-5-14(6-8-15)4-3-9-16/h5-8H,9-13,16H2,1-2H3. The van der Waals surface area contributed by atoms with Gasteiger partial charge in [-0.25, -0.2) is 0 Å². The minimum Gasteiger partial charge on any atom is -0.492 e. The van der Waals surface area contributed by atoms with Gasteiger partial charge in [0.15, 0.2) is 0 Å². The van der Waals surface area contributed by atoms with E-state index in [0.29, 0.717) is 13.2 Å². The minimum absolute atomic E-state index is 0.381. The lowest BCUT2D eigenvalue weighted by atomic mass is 10.2. The summed E-state index contributed by atoms with van der Waals surface area (Å²) >= 11 is 0. The molecule has 0 atom stereocenters. The zero-order chi connectivity index (χ0) is 13.9. The van der Waals surface area contributed by atoms with E-state index in [2.05, 4.69) is 16.7 Å². The fourth-order valence-corrected chi connectivity index (χ4v) is 1.47. The SMILES string of the molecule is COCCN(C)CCOc1ccc(C#CCN)cc1. The molecule has 0 amide bonds. The number of ether oxygens (including phenoxy) is 2. The fraction of sp³-hybridized carbons (Fsp3) is 0.467. The van der Waals surface area contributed by atoms with Crippen molar-refractivity contribution in [3.63, 3.8) is 0 Å². The Morgan fingerprint density at radius 1 is 1.16 bits per heavy atom. The summed E-state index contributed by atoms with van der Waals surface area (Å²) in [5, 5.41) is 0. The number of hydrogen-bond donors (Lipinski definition) is 1. The summed E-state index contributed by atoms with van der Waals surface area (Å²) in [5.41, 5.74) is 6.28. The molecule has 0 unspecified atom stereocenters. The summed E-state index contributed by atoms with van der Waals surface area (Å²) in [4.78, 5) is 2.17. The zero-order valence-electron chi connectivity index (χ0n) is 11.7. The molecule has 2 N–H and O–H groups in total. The number of hydrogen-bond acceptors (Lipinski definition) is 4. The highest BCUT2D eigenvalue weighted by atomic mass is 16.5. The summed E-state index contributed by atoms with van der Waals surface area (Å²) in [6, 6.07) is 7.73. The van der Waals surface area contributed by atoms with Crippen LogP contribution in [0.15, 0.2) is 24.3 Å². The summed E-state index contributed by atoms with van der Waals surface area (Å²) in [7, 11) is 3.76. The van der Waals surface area contributed by atoms with E-state index >= 15 is 0 Å². The zero-order valence-corrected chi connectivity index (χ0v) is 11.7. The van der Waals surface area contributed by atoms with Gasteiger partial charge in [0.05, 0.1) is 13.2 Å². The van der Waals surface area contributed by atoms with Crippen molar-refractivity contribution >= 4 is 0 Å². The largest absolute Gasteiger partial charge is 0.492 e. The second kappa shape index (κ2) is 9.40. The van der Waals surface area contributed by atoms with E-state index in [1.807, 2.05) is 31.3 Å². The van der Waals surface area contributed by atoms with Crippen LogP contribution in [0.2, 0.25) is 0 Å². The molecule has 0 spiro atoms. The van der Waals surface area contributed by atoms with Crippen LogP contribution in [0.25, 0.3) is 0 Å². The van der Waals surface area contributed by atoms with Crippen molar-refractivity contribution in [2.75, 3.05) is 47.0 Å². The van der Waals surface area contributed by atoms with Gasteiger partial charge in [-0.1, -0.05) is 11.8 Å². The molecular formula is C15H22N2O2. The highest BCUT2D eigenvalue weighted by molar-refractivity contribution is 5.38. The molecule has 4 heteroatoms. The van der Waals surface area contributed by atoms with Crippen molar-refractivity contribution in [3.05, 3.63) is 29.8 Å². The molecule has 0 radical (unpaired) electrons. The molecule has 0 saturated heterocycles. The summed E-state index contributed by atoms with van der Waals surface area (Å²) in [5.74, 6) is 6.66. The predicted molar refractivity (Wildman–Crippen MR) is 77.2 cm³/mol. The first kappa shape index (κ1) is 15.5. The average molecular weight is 262 g/mol. The molecule has 0 aliphatic carbocycles. The first-order chi connectivity index (χ1) is 9.26. The predicted octanol–water partition coefficient (Wildman–Crippen LogP) is 0.954. The third kappa shape index (κ3) is 6.82. The van der Waals surface area contributed by atoms with Crippen LogP contribution in [-0.4, -0.2) is 51.9 Å². The van der Waals surface area contributed by atoms with Crippen LogP contribution in [-0.2, 0) is 4.74 Å². The second-order valence-corrected chi connectivity index (χ2v) is 4.17. The Kier molecular flexibility index (Phi) is 7.68. The second-order valence-electron chi connectivity index (χ2n) is 4.17. The maximum atomic E-state index is 5.66. The van der Waals surface area contributed by atoms with Crippen molar-refractivity contribution in [3.8, 4) is 17.6 Å². The Labute approximate surface area is 115 Å². The van der Waals surface area contributed by atoms with Gasteiger partial charge >= 0.3 is 0 Å². The van der Waals surface area contributed by atoms with E-state index in [1.165, 1.54) is 0 Å². The first-order valence-corrected chi connectivity index (χ1v) is 6.35. The molecule has 19 heavy (non-hydrogen) atoms. The van der Waals surface area contributed by atoms with E-state index in [4.69, 9.17) is 15.2 Å². The fourth-order valence-electron chi connectivity index (χ4n) is 1.47. The van der Waals surface area contributed by atoms with E-state index in [0.717, 1.165) is 31.0 Å². The van der Waals surface area contributed by atoms with Gasteiger partial charge in [0.1, 0.15) is 12.4 Å². The van der Waals surface area contributed by atoms with Crippen LogP contribution in [0.5, 0.6) is 5.75 Å². The van der Waals surface area contributed by atoms with Crippen molar-refractivity contribution in [1.29, 1.82) is 0 Å². The van der Waals surface area contributed by atoms with Crippen LogP contribution in [0, 0.1) is 11.8 Å². The van der Waals surface area contributed by atoms with Crippen molar-refractivity contribution < 1.29 is 9.47 Å². The summed E-state index contributed by atoms with van der Waals surface area (Å²) in [6.07, 6.45) is 0. The monoisotopic (exact) mass is 262 g/mol. The van der Waals surface area contributed by atoms with Crippen LogP contribution in [0.4, 0.5) is 0 Å². The summed E-state index contributed by atoms with van der Waals surface area (Å²) in [6.45, 7) is 3.57. The number of methoxy groups -OCH3 is 1. The van der Waals surface area contributed by atoms with Gasteiger partial charge in [-0.3, -0.25) is 0 Å². The van der Waals surface area contributed by atoms with Crippen LogP contribution < -0.4 is 10.5 Å².